The first kappa shape index (κ1) is 17.8. The number of hydrogen-bond acceptors (Lipinski definition) is 2. The van der Waals surface area contributed by atoms with Gasteiger partial charge in [0.2, 0.25) is 5.91 Å². The minimum Gasteiger partial charge on any atom is -0.354 e. The van der Waals surface area contributed by atoms with Crippen LogP contribution in [0.1, 0.15) is 53.4 Å². The van der Waals surface area contributed by atoms with Crippen LogP contribution in [0.5, 0.6) is 0 Å². The summed E-state index contributed by atoms with van der Waals surface area (Å²) in [5.41, 5.74) is 0. The zero-order chi connectivity index (χ0) is 15.8. The molecule has 1 rings (SSSR count). The molecule has 0 heterocycles. The van der Waals surface area contributed by atoms with Gasteiger partial charge in [0, 0.05) is 19.1 Å². The van der Waals surface area contributed by atoms with Gasteiger partial charge in [0.15, 0.2) is 5.96 Å². The third-order valence-corrected chi connectivity index (χ3v) is 4.15. The zero-order valence-corrected chi connectivity index (χ0v) is 14.2. The molecule has 3 N–H and O–H groups in total. The first-order valence-electron chi connectivity index (χ1n) is 8.19. The average Bonchev–Trinajstić information content (AvgIpc) is 2.43. The second-order valence-electron chi connectivity index (χ2n) is 6.65. The van der Waals surface area contributed by atoms with Crippen LogP contribution in [0.25, 0.3) is 0 Å². The van der Waals surface area contributed by atoms with Gasteiger partial charge >= 0.3 is 0 Å². The van der Waals surface area contributed by atoms with Gasteiger partial charge in [-0.05, 0) is 51.4 Å². The van der Waals surface area contributed by atoms with Gasteiger partial charge in [0.1, 0.15) is 0 Å². The standard InChI is InChI=1S/C16H32N4O/c1-11(2)13-6-8-14(9-7-13)20-16(17-5)18-10-15(21)19-12(3)4/h11-14H,6-10H2,1-5H3,(H,19,21)(H2,17,18,20). The van der Waals surface area contributed by atoms with E-state index < -0.39 is 0 Å². The minimum atomic E-state index is -0.00327. The van der Waals surface area contributed by atoms with Gasteiger partial charge in [0.05, 0.1) is 6.54 Å². The molecule has 0 radical (unpaired) electrons. The molecule has 0 spiro atoms. The van der Waals surface area contributed by atoms with Crippen molar-refractivity contribution in [3.8, 4) is 0 Å². The number of nitrogens with one attached hydrogen (secondary N) is 3. The molecule has 0 aromatic carbocycles. The Bertz CT molecular complexity index is 344. The highest BCUT2D eigenvalue weighted by atomic mass is 16.1. The Kier molecular flexibility index (Phi) is 7.54. The fourth-order valence-corrected chi connectivity index (χ4v) is 2.86. The topological polar surface area (TPSA) is 65.5 Å². The van der Waals surface area contributed by atoms with E-state index in [1.165, 1.54) is 25.7 Å². The molecular weight excluding hydrogens is 264 g/mol. The van der Waals surface area contributed by atoms with Crippen LogP contribution in [-0.2, 0) is 4.79 Å². The van der Waals surface area contributed by atoms with Crippen molar-refractivity contribution in [2.75, 3.05) is 13.6 Å². The molecule has 1 fully saturated rings. The number of guanidine groups is 1. The molecule has 5 heteroatoms. The number of carbonyl (C=O) groups is 1. The second-order valence-corrected chi connectivity index (χ2v) is 6.65. The molecule has 0 unspecified atom stereocenters. The second kappa shape index (κ2) is 8.90. The monoisotopic (exact) mass is 296 g/mol. The van der Waals surface area contributed by atoms with Crippen molar-refractivity contribution in [1.29, 1.82) is 0 Å². The normalized spacial score (nSPS) is 23.3. The van der Waals surface area contributed by atoms with Crippen LogP contribution in [0.4, 0.5) is 0 Å². The molecule has 5 nitrogen and oxygen atoms in total. The third-order valence-electron chi connectivity index (χ3n) is 4.15. The largest absolute Gasteiger partial charge is 0.354 e. The van der Waals surface area contributed by atoms with E-state index in [0.29, 0.717) is 6.04 Å². The molecule has 0 aromatic heterocycles. The van der Waals surface area contributed by atoms with Crippen molar-refractivity contribution in [3.63, 3.8) is 0 Å². The third kappa shape index (κ3) is 6.82. The molecule has 0 bridgehead atoms. The average molecular weight is 296 g/mol. The van der Waals surface area contributed by atoms with Crippen molar-refractivity contribution < 1.29 is 4.79 Å². The quantitative estimate of drug-likeness (QED) is 0.536. The van der Waals surface area contributed by atoms with Gasteiger partial charge in [-0.1, -0.05) is 13.8 Å². The summed E-state index contributed by atoms with van der Waals surface area (Å²) in [7, 11) is 1.75. The molecule has 0 atom stereocenters. The number of nitrogens with zero attached hydrogens (tertiary/aromatic N) is 1. The Morgan fingerprint density at radius 3 is 2.24 bits per heavy atom. The van der Waals surface area contributed by atoms with E-state index in [2.05, 4.69) is 34.8 Å². The van der Waals surface area contributed by atoms with E-state index in [1.54, 1.807) is 7.05 Å². The van der Waals surface area contributed by atoms with E-state index >= 15 is 0 Å². The maximum Gasteiger partial charge on any atom is 0.239 e. The number of amides is 1. The van der Waals surface area contributed by atoms with E-state index in [9.17, 15) is 4.79 Å². The van der Waals surface area contributed by atoms with Gasteiger partial charge in [-0.25, -0.2) is 0 Å². The maximum absolute atomic E-state index is 11.6. The van der Waals surface area contributed by atoms with Crippen molar-refractivity contribution in [1.82, 2.24) is 16.0 Å². The first-order valence-corrected chi connectivity index (χ1v) is 8.19. The summed E-state index contributed by atoms with van der Waals surface area (Å²) < 4.78 is 0. The minimum absolute atomic E-state index is 0.00327. The summed E-state index contributed by atoms with van der Waals surface area (Å²) in [5, 5.41) is 9.38. The summed E-state index contributed by atoms with van der Waals surface area (Å²) in [6, 6.07) is 0.639. The molecule has 122 valence electrons. The molecule has 1 aliphatic carbocycles. The molecule has 21 heavy (non-hydrogen) atoms. The summed E-state index contributed by atoms with van der Waals surface area (Å²) in [5.74, 6) is 2.36. The summed E-state index contributed by atoms with van der Waals surface area (Å²) >= 11 is 0. The molecular formula is C16H32N4O. The van der Waals surface area contributed by atoms with Crippen LogP contribution in [0.2, 0.25) is 0 Å². The van der Waals surface area contributed by atoms with Crippen molar-refractivity contribution in [3.05, 3.63) is 0 Å². The molecule has 1 aliphatic rings. The van der Waals surface area contributed by atoms with Crippen molar-refractivity contribution in [2.45, 2.75) is 65.5 Å². The Morgan fingerprint density at radius 1 is 1.14 bits per heavy atom. The Labute approximate surface area is 129 Å². The van der Waals surface area contributed by atoms with E-state index in [4.69, 9.17) is 0 Å². The van der Waals surface area contributed by atoms with Gasteiger partial charge in [-0.2, -0.15) is 0 Å². The van der Waals surface area contributed by atoms with E-state index in [1.807, 2.05) is 13.8 Å². The predicted octanol–water partition coefficient (Wildman–Crippen LogP) is 1.89. The smallest absolute Gasteiger partial charge is 0.239 e. The zero-order valence-electron chi connectivity index (χ0n) is 14.2. The Balaban J connectivity index is 2.30. The van der Waals surface area contributed by atoms with Crippen LogP contribution in [0, 0.1) is 11.8 Å². The maximum atomic E-state index is 11.6. The van der Waals surface area contributed by atoms with Gasteiger partial charge in [-0.3, -0.25) is 9.79 Å². The molecule has 1 saturated carbocycles. The lowest BCUT2D eigenvalue weighted by Gasteiger charge is -2.32. The van der Waals surface area contributed by atoms with E-state index in [-0.39, 0.29) is 18.5 Å². The van der Waals surface area contributed by atoms with Gasteiger partial charge in [-0.15, -0.1) is 0 Å². The highest BCUT2D eigenvalue weighted by Gasteiger charge is 2.23. The highest BCUT2D eigenvalue weighted by molar-refractivity contribution is 5.86. The van der Waals surface area contributed by atoms with Gasteiger partial charge < -0.3 is 16.0 Å². The Hall–Kier alpha value is -1.26. The van der Waals surface area contributed by atoms with Crippen LogP contribution < -0.4 is 16.0 Å². The number of carbonyl (C=O) groups excluding carboxylic acids is 1. The fraction of sp³-hybridized carbons (Fsp3) is 0.875. The molecule has 1 amide bonds. The molecule has 0 aliphatic heterocycles. The summed E-state index contributed by atoms with van der Waals surface area (Å²) in [4.78, 5) is 15.8. The van der Waals surface area contributed by atoms with Gasteiger partial charge in [0.25, 0.3) is 0 Å². The van der Waals surface area contributed by atoms with Crippen molar-refractivity contribution in [2.24, 2.45) is 16.8 Å². The number of hydrogen-bond donors (Lipinski definition) is 3. The van der Waals surface area contributed by atoms with Crippen LogP contribution >= 0.6 is 0 Å². The number of rotatable bonds is 5. The first-order chi connectivity index (χ1) is 9.92. The predicted molar refractivity (Wildman–Crippen MR) is 88.4 cm³/mol. The van der Waals surface area contributed by atoms with E-state index in [0.717, 1.165) is 17.8 Å². The van der Waals surface area contributed by atoms with Crippen LogP contribution in [0.15, 0.2) is 4.99 Å². The number of aliphatic imine (C=N–C) groups is 1. The lowest BCUT2D eigenvalue weighted by molar-refractivity contribution is -0.120. The Morgan fingerprint density at radius 2 is 1.76 bits per heavy atom. The van der Waals surface area contributed by atoms with Crippen LogP contribution in [-0.4, -0.2) is 37.5 Å². The lowest BCUT2D eigenvalue weighted by Crippen LogP contribution is -2.48. The fourth-order valence-electron chi connectivity index (χ4n) is 2.86. The van der Waals surface area contributed by atoms with Crippen molar-refractivity contribution >= 4 is 11.9 Å². The SMILES string of the molecule is CN=C(NCC(=O)NC(C)C)NC1CCC(C(C)C)CC1. The van der Waals surface area contributed by atoms with Crippen LogP contribution in [0.3, 0.4) is 0 Å². The summed E-state index contributed by atoms with van der Waals surface area (Å²) in [6.07, 6.45) is 4.92. The molecule has 0 saturated heterocycles. The lowest BCUT2D eigenvalue weighted by atomic mass is 9.80. The molecule has 0 aromatic rings. The summed E-state index contributed by atoms with van der Waals surface area (Å²) in [6.45, 7) is 8.80. The highest BCUT2D eigenvalue weighted by Crippen LogP contribution is 2.29.